The Labute approximate surface area is 280 Å². The molecule has 0 bridgehead atoms. The molecule has 0 spiro atoms. The minimum absolute atomic E-state index is 0.151. The zero-order valence-electron chi connectivity index (χ0n) is 25.9. The van der Waals surface area contributed by atoms with Crippen molar-refractivity contribution in [3.63, 3.8) is 0 Å². The standard InChI is InChI=1S/C37H31ClN2O6S/c1-4-45-36(42)32-33(23-12-6-5-7-13-23)39-37-40(34(32)25-18-19-29(43-2)30(20-25)44-3)35(41)31(47-37)21-24-14-9-11-17-28(24)46-22-26-15-8-10-16-27(26)38/h5-21,34H,4,22H2,1-3H3/b31-21+/t34-/m0/s1. The molecule has 0 fully saturated rings. The quantitative estimate of drug-likeness (QED) is 0.165. The minimum atomic E-state index is -0.867. The molecule has 0 saturated carbocycles. The van der Waals surface area contributed by atoms with E-state index in [4.69, 9.17) is 35.5 Å². The normalized spacial score (nSPS) is 14.3. The van der Waals surface area contributed by atoms with Gasteiger partial charge in [0.1, 0.15) is 12.4 Å². The van der Waals surface area contributed by atoms with Crippen LogP contribution in [0.3, 0.4) is 0 Å². The molecule has 0 unspecified atom stereocenters. The number of para-hydroxylation sites is 1. The number of esters is 1. The number of benzene rings is 4. The second-order valence-corrected chi connectivity index (χ2v) is 11.9. The van der Waals surface area contributed by atoms with Gasteiger partial charge in [-0.15, -0.1) is 0 Å². The van der Waals surface area contributed by atoms with E-state index in [0.717, 1.165) is 11.1 Å². The fourth-order valence-electron chi connectivity index (χ4n) is 5.42. The van der Waals surface area contributed by atoms with Crippen molar-refractivity contribution in [1.29, 1.82) is 0 Å². The smallest absolute Gasteiger partial charge is 0.338 e. The number of fused-ring (bicyclic) bond motifs is 1. The van der Waals surface area contributed by atoms with Gasteiger partial charge in [0, 0.05) is 21.7 Å². The Morgan fingerprint density at radius 2 is 1.64 bits per heavy atom. The summed E-state index contributed by atoms with van der Waals surface area (Å²) < 4.78 is 24.8. The number of hydrogen-bond acceptors (Lipinski definition) is 8. The van der Waals surface area contributed by atoms with Crippen LogP contribution in [0.1, 0.15) is 35.2 Å². The van der Waals surface area contributed by atoms with Gasteiger partial charge in [0.15, 0.2) is 16.3 Å². The van der Waals surface area contributed by atoms with Gasteiger partial charge in [0.05, 0.1) is 42.7 Å². The van der Waals surface area contributed by atoms with Gasteiger partial charge in [0.2, 0.25) is 0 Å². The zero-order chi connectivity index (χ0) is 32.9. The summed E-state index contributed by atoms with van der Waals surface area (Å²) in [6.45, 7) is 2.15. The minimum Gasteiger partial charge on any atom is -0.493 e. The van der Waals surface area contributed by atoms with Crippen LogP contribution in [0.25, 0.3) is 11.8 Å². The summed E-state index contributed by atoms with van der Waals surface area (Å²) in [4.78, 5) is 33.5. The van der Waals surface area contributed by atoms with Crippen LogP contribution in [0.15, 0.2) is 112 Å². The summed E-state index contributed by atoms with van der Waals surface area (Å²) in [5.74, 6) is 0.995. The van der Waals surface area contributed by atoms with E-state index in [1.165, 1.54) is 18.4 Å². The molecule has 5 aromatic rings. The van der Waals surface area contributed by atoms with E-state index in [2.05, 4.69) is 0 Å². The zero-order valence-corrected chi connectivity index (χ0v) is 27.5. The Morgan fingerprint density at radius 3 is 2.38 bits per heavy atom. The lowest BCUT2D eigenvalue weighted by atomic mass is 9.93. The van der Waals surface area contributed by atoms with Crippen LogP contribution in [0.4, 0.5) is 0 Å². The lowest BCUT2D eigenvalue weighted by Crippen LogP contribution is -2.40. The predicted octanol–water partition coefficient (Wildman–Crippen LogP) is 6.19. The number of rotatable bonds is 10. The van der Waals surface area contributed by atoms with Crippen LogP contribution >= 0.6 is 22.9 Å². The molecule has 1 aliphatic rings. The molecule has 6 rings (SSSR count). The van der Waals surface area contributed by atoms with E-state index >= 15 is 0 Å². The Bertz CT molecular complexity index is 2160. The first kappa shape index (κ1) is 31.8. The third-order valence-corrected chi connectivity index (χ3v) is 9.00. The first-order valence-corrected chi connectivity index (χ1v) is 16.1. The largest absolute Gasteiger partial charge is 0.493 e. The fraction of sp³-hybridized carbons (Fsp3) is 0.162. The molecule has 0 amide bonds. The SMILES string of the molecule is CCOC(=O)C1=C(c2ccccc2)N=c2s/c(=C/c3ccccc3OCc3ccccc3Cl)c(=O)n2[C@H]1c1ccc(OC)c(OC)c1. The number of nitrogens with zero attached hydrogens (tertiary/aromatic N) is 2. The van der Waals surface area contributed by atoms with Gasteiger partial charge in [-0.25, -0.2) is 9.79 Å². The lowest BCUT2D eigenvalue weighted by Gasteiger charge is -2.26. The van der Waals surface area contributed by atoms with Crippen molar-refractivity contribution in [2.24, 2.45) is 4.99 Å². The number of methoxy groups -OCH3 is 2. The second kappa shape index (κ2) is 14.1. The molecule has 0 aliphatic carbocycles. The van der Waals surface area contributed by atoms with Crippen LogP contribution in [-0.4, -0.2) is 31.4 Å². The fourth-order valence-corrected chi connectivity index (χ4v) is 6.60. The van der Waals surface area contributed by atoms with Crippen LogP contribution in [0.2, 0.25) is 5.02 Å². The molecule has 2 heterocycles. The first-order valence-electron chi connectivity index (χ1n) is 14.9. The molecule has 0 N–H and O–H groups in total. The Morgan fingerprint density at radius 1 is 0.915 bits per heavy atom. The average molecular weight is 667 g/mol. The lowest BCUT2D eigenvalue weighted by molar-refractivity contribution is -0.138. The van der Waals surface area contributed by atoms with Crippen molar-refractivity contribution in [1.82, 2.24) is 4.57 Å². The molecule has 0 saturated heterocycles. The molecule has 4 aromatic carbocycles. The van der Waals surface area contributed by atoms with Crippen molar-refractivity contribution in [3.05, 3.63) is 150 Å². The maximum absolute atomic E-state index is 14.4. The monoisotopic (exact) mass is 666 g/mol. The molecule has 0 radical (unpaired) electrons. The van der Waals surface area contributed by atoms with Crippen molar-refractivity contribution in [3.8, 4) is 17.2 Å². The number of halogens is 1. The highest BCUT2D eigenvalue weighted by atomic mass is 35.5. The van der Waals surface area contributed by atoms with Gasteiger partial charge in [0.25, 0.3) is 5.56 Å². The molecule has 8 nitrogen and oxygen atoms in total. The molecule has 10 heteroatoms. The van der Waals surface area contributed by atoms with E-state index in [1.807, 2.05) is 84.9 Å². The summed E-state index contributed by atoms with van der Waals surface area (Å²) in [6.07, 6.45) is 1.79. The highest BCUT2D eigenvalue weighted by Gasteiger charge is 2.35. The van der Waals surface area contributed by atoms with Crippen LogP contribution < -0.4 is 29.1 Å². The summed E-state index contributed by atoms with van der Waals surface area (Å²) in [7, 11) is 3.09. The van der Waals surface area contributed by atoms with E-state index in [-0.39, 0.29) is 24.3 Å². The van der Waals surface area contributed by atoms with Gasteiger partial charge >= 0.3 is 5.97 Å². The van der Waals surface area contributed by atoms with E-state index < -0.39 is 12.0 Å². The van der Waals surface area contributed by atoms with Crippen molar-refractivity contribution in [2.45, 2.75) is 19.6 Å². The molecule has 1 atom stereocenters. The highest BCUT2D eigenvalue weighted by Crippen LogP contribution is 2.38. The molecule has 238 valence electrons. The highest BCUT2D eigenvalue weighted by molar-refractivity contribution is 7.07. The number of aromatic nitrogens is 1. The Hall–Kier alpha value is -5.12. The summed E-state index contributed by atoms with van der Waals surface area (Å²) in [5.41, 5.74) is 3.26. The third-order valence-electron chi connectivity index (χ3n) is 7.64. The molecule has 1 aromatic heterocycles. The Kier molecular flexibility index (Phi) is 9.56. The van der Waals surface area contributed by atoms with Gasteiger partial charge in [-0.3, -0.25) is 9.36 Å². The summed E-state index contributed by atoms with van der Waals surface area (Å²) in [6, 6.07) is 28.8. The van der Waals surface area contributed by atoms with Crippen molar-refractivity contribution < 1.29 is 23.7 Å². The van der Waals surface area contributed by atoms with Crippen molar-refractivity contribution in [2.75, 3.05) is 20.8 Å². The number of carbonyl (C=O) groups is 1. The molecule has 1 aliphatic heterocycles. The predicted molar refractivity (Wildman–Crippen MR) is 183 cm³/mol. The number of thiazole rings is 1. The summed E-state index contributed by atoms with van der Waals surface area (Å²) in [5, 5.41) is 0.611. The van der Waals surface area contributed by atoms with Crippen molar-refractivity contribution >= 4 is 40.7 Å². The van der Waals surface area contributed by atoms with E-state index in [9.17, 15) is 9.59 Å². The second-order valence-electron chi connectivity index (χ2n) is 10.5. The average Bonchev–Trinajstić information content (AvgIpc) is 3.41. The van der Waals surface area contributed by atoms with Gasteiger partial charge < -0.3 is 18.9 Å². The van der Waals surface area contributed by atoms with E-state index in [1.54, 1.807) is 36.8 Å². The van der Waals surface area contributed by atoms with Gasteiger partial charge in [-0.1, -0.05) is 95.7 Å². The Balaban J connectivity index is 1.55. The van der Waals surface area contributed by atoms with E-state index in [0.29, 0.717) is 48.4 Å². The molecule has 47 heavy (non-hydrogen) atoms. The number of hydrogen-bond donors (Lipinski definition) is 0. The van der Waals surface area contributed by atoms with Crippen LogP contribution in [-0.2, 0) is 16.1 Å². The van der Waals surface area contributed by atoms with Crippen LogP contribution in [0.5, 0.6) is 17.2 Å². The third kappa shape index (κ3) is 6.45. The maximum Gasteiger partial charge on any atom is 0.338 e. The maximum atomic E-state index is 14.4. The molecular formula is C37H31ClN2O6S. The number of carbonyl (C=O) groups excluding carboxylic acids is 1. The first-order chi connectivity index (χ1) is 22.9. The topological polar surface area (TPSA) is 88.4 Å². The molecular weight excluding hydrogens is 636 g/mol. The van der Waals surface area contributed by atoms with Gasteiger partial charge in [-0.2, -0.15) is 0 Å². The summed E-state index contributed by atoms with van der Waals surface area (Å²) >= 11 is 7.59. The number of ether oxygens (including phenoxy) is 4. The van der Waals surface area contributed by atoms with Crippen LogP contribution in [0, 0.1) is 0 Å². The van der Waals surface area contributed by atoms with Gasteiger partial charge in [-0.05, 0) is 42.8 Å².